The van der Waals surface area contributed by atoms with Crippen LogP contribution in [0.5, 0.6) is 0 Å². The van der Waals surface area contributed by atoms with Crippen LogP contribution in [0.3, 0.4) is 0 Å². The number of aryl methyl sites for hydroxylation is 1. The molecule has 0 atom stereocenters. The standard InChI is InChI=1S/C16H24N2O/c1-11-6-7-12(15(2,3)4)10-13(11)16(8-9-16)14(19)18-17-5/h6-7,10,17H,8-9H2,1-5H3,(H,18,19). The highest BCUT2D eigenvalue weighted by molar-refractivity contribution is 5.91. The van der Waals surface area contributed by atoms with E-state index in [1.807, 2.05) is 0 Å². The number of rotatable bonds is 3. The lowest BCUT2D eigenvalue weighted by Crippen LogP contribution is -2.42. The van der Waals surface area contributed by atoms with Gasteiger partial charge in [0, 0.05) is 7.05 Å². The molecule has 1 fully saturated rings. The summed E-state index contributed by atoms with van der Waals surface area (Å²) < 4.78 is 0. The fraction of sp³-hybridized carbons (Fsp3) is 0.562. The fourth-order valence-corrected chi connectivity index (χ4v) is 2.58. The summed E-state index contributed by atoms with van der Waals surface area (Å²) in [6.07, 6.45) is 1.88. The highest BCUT2D eigenvalue weighted by atomic mass is 16.2. The molecule has 1 amide bonds. The molecule has 1 saturated carbocycles. The smallest absolute Gasteiger partial charge is 0.244 e. The molecule has 1 aromatic rings. The van der Waals surface area contributed by atoms with Crippen LogP contribution in [0.2, 0.25) is 0 Å². The number of benzene rings is 1. The lowest BCUT2D eigenvalue weighted by molar-refractivity contribution is -0.124. The molecule has 0 aliphatic heterocycles. The number of carbonyl (C=O) groups excluding carboxylic acids is 1. The predicted octanol–water partition coefficient (Wildman–Crippen LogP) is 2.57. The van der Waals surface area contributed by atoms with Gasteiger partial charge in [0.25, 0.3) is 0 Å². The molecule has 2 N–H and O–H groups in total. The Morgan fingerprint density at radius 3 is 2.37 bits per heavy atom. The second-order valence-electron chi connectivity index (χ2n) is 6.57. The molecule has 1 aromatic carbocycles. The van der Waals surface area contributed by atoms with Crippen LogP contribution in [0.1, 0.15) is 50.3 Å². The molecule has 0 bridgehead atoms. The molecule has 0 aromatic heterocycles. The first-order chi connectivity index (χ1) is 8.81. The van der Waals surface area contributed by atoms with E-state index in [1.54, 1.807) is 7.05 Å². The highest BCUT2D eigenvalue weighted by Gasteiger charge is 2.52. The normalized spacial score (nSPS) is 17.1. The first-order valence-electron chi connectivity index (χ1n) is 6.90. The minimum absolute atomic E-state index is 0.0872. The topological polar surface area (TPSA) is 41.1 Å². The van der Waals surface area contributed by atoms with E-state index in [0.29, 0.717) is 0 Å². The Kier molecular flexibility index (Phi) is 3.43. The fourth-order valence-electron chi connectivity index (χ4n) is 2.58. The molecule has 2 rings (SSSR count). The maximum Gasteiger partial charge on any atom is 0.244 e. The van der Waals surface area contributed by atoms with Gasteiger partial charge >= 0.3 is 0 Å². The summed E-state index contributed by atoms with van der Waals surface area (Å²) in [6.45, 7) is 8.70. The van der Waals surface area contributed by atoms with Crippen LogP contribution >= 0.6 is 0 Å². The summed E-state index contributed by atoms with van der Waals surface area (Å²) in [5, 5.41) is 0. The number of amides is 1. The Morgan fingerprint density at radius 1 is 1.26 bits per heavy atom. The monoisotopic (exact) mass is 260 g/mol. The van der Waals surface area contributed by atoms with Gasteiger partial charge in [-0.1, -0.05) is 39.0 Å². The minimum atomic E-state index is -0.311. The summed E-state index contributed by atoms with van der Waals surface area (Å²) in [7, 11) is 1.73. The molecule has 0 saturated heterocycles. The van der Waals surface area contributed by atoms with Crippen LogP contribution in [0.4, 0.5) is 0 Å². The minimum Gasteiger partial charge on any atom is -0.291 e. The van der Waals surface area contributed by atoms with Crippen molar-refractivity contribution >= 4 is 5.91 Å². The molecule has 3 nitrogen and oxygen atoms in total. The first-order valence-corrected chi connectivity index (χ1v) is 6.90. The summed E-state index contributed by atoms with van der Waals surface area (Å²) >= 11 is 0. The number of hydrazine groups is 1. The molecule has 0 unspecified atom stereocenters. The lowest BCUT2D eigenvalue weighted by atomic mass is 9.82. The second kappa shape index (κ2) is 4.64. The van der Waals surface area contributed by atoms with Crippen molar-refractivity contribution in [3.05, 3.63) is 34.9 Å². The van der Waals surface area contributed by atoms with Gasteiger partial charge in [0.2, 0.25) is 5.91 Å². The second-order valence-corrected chi connectivity index (χ2v) is 6.57. The third-order valence-corrected chi connectivity index (χ3v) is 4.04. The van der Waals surface area contributed by atoms with Crippen molar-refractivity contribution in [3.63, 3.8) is 0 Å². The van der Waals surface area contributed by atoms with E-state index in [9.17, 15) is 4.79 Å². The number of nitrogens with one attached hydrogen (secondary N) is 2. The molecule has 0 spiro atoms. The van der Waals surface area contributed by atoms with E-state index < -0.39 is 0 Å². The van der Waals surface area contributed by atoms with Gasteiger partial charge < -0.3 is 0 Å². The Bertz CT molecular complexity index is 496. The highest BCUT2D eigenvalue weighted by Crippen LogP contribution is 2.50. The zero-order valence-electron chi connectivity index (χ0n) is 12.6. The molecule has 0 heterocycles. The summed E-state index contributed by atoms with van der Waals surface area (Å²) in [6, 6.07) is 6.53. The van der Waals surface area contributed by atoms with Crippen molar-refractivity contribution in [1.82, 2.24) is 10.9 Å². The van der Waals surface area contributed by atoms with Gasteiger partial charge in [-0.3, -0.25) is 10.2 Å². The van der Waals surface area contributed by atoms with Crippen LogP contribution in [0, 0.1) is 6.92 Å². The zero-order valence-corrected chi connectivity index (χ0v) is 12.6. The summed E-state index contributed by atoms with van der Waals surface area (Å²) in [5.74, 6) is 0.0872. The molecule has 3 heteroatoms. The molecule has 1 aliphatic carbocycles. The number of hydrogen-bond donors (Lipinski definition) is 2. The van der Waals surface area contributed by atoms with Crippen molar-refractivity contribution < 1.29 is 4.79 Å². The van der Waals surface area contributed by atoms with Crippen LogP contribution < -0.4 is 10.9 Å². The average Bonchev–Trinajstić information content (AvgIpc) is 3.09. The van der Waals surface area contributed by atoms with E-state index in [-0.39, 0.29) is 16.7 Å². The molecule has 0 radical (unpaired) electrons. The van der Waals surface area contributed by atoms with Crippen molar-refractivity contribution in [2.45, 2.75) is 51.4 Å². The summed E-state index contributed by atoms with van der Waals surface area (Å²) in [4.78, 5) is 12.3. The Labute approximate surface area is 115 Å². The third-order valence-electron chi connectivity index (χ3n) is 4.04. The van der Waals surface area contributed by atoms with E-state index >= 15 is 0 Å². The molecular weight excluding hydrogens is 236 g/mol. The van der Waals surface area contributed by atoms with Crippen molar-refractivity contribution in [1.29, 1.82) is 0 Å². The van der Waals surface area contributed by atoms with Crippen LogP contribution in [-0.4, -0.2) is 13.0 Å². The maximum atomic E-state index is 12.3. The van der Waals surface area contributed by atoms with Gasteiger partial charge in [0.15, 0.2) is 0 Å². The molecular formula is C16H24N2O. The molecule has 104 valence electrons. The van der Waals surface area contributed by atoms with Gasteiger partial charge in [-0.05, 0) is 41.9 Å². The Hall–Kier alpha value is -1.35. The Morgan fingerprint density at radius 2 is 1.89 bits per heavy atom. The average molecular weight is 260 g/mol. The van der Waals surface area contributed by atoms with Gasteiger partial charge in [0.1, 0.15) is 0 Å². The van der Waals surface area contributed by atoms with Gasteiger partial charge in [-0.2, -0.15) is 0 Å². The van der Waals surface area contributed by atoms with E-state index in [2.05, 4.69) is 56.7 Å². The van der Waals surface area contributed by atoms with Gasteiger partial charge in [0.05, 0.1) is 5.41 Å². The van der Waals surface area contributed by atoms with Crippen LogP contribution in [0.15, 0.2) is 18.2 Å². The molecule has 19 heavy (non-hydrogen) atoms. The third kappa shape index (κ3) is 2.52. The van der Waals surface area contributed by atoms with Gasteiger partial charge in [-0.25, -0.2) is 5.43 Å². The van der Waals surface area contributed by atoms with E-state index in [4.69, 9.17) is 0 Å². The van der Waals surface area contributed by atoms with E-state index in [1.165, 1.54) is 16.7 Å². The van der Waals surface area contributed by atoms with Crippen LogP contribution in [-0.2, 0) is 15.6 Å². The first kappa shape index (κ1) is 14.1. The largest absolute Gasteiger partial charge is 0.291 e. The molecule has 1 aliphatic rings. The number of carbonyl (C=O) groups is 1. The van der Waals surface area contributed by atoms with Crippen molar-refractivity contribution in [3.8, 4) is 0 Å². The van der Waals surface area contributed by atoms with Crippen molar-refractivity contribution in [2.75, 3.05) is 7.05 Å². The predicted molar refractivity (Wildman–Crippen MR) is 78.0 cm³/mol. The lowest BCUT2D eigenvalue weighted by Gasteiger charge is -2.24. The maximum absolute atomic E-state index is 12.3. The Balaban J connectivity index is 2.42. The van der Waals surface area contributed by atoms with Crippen LogP contribution in [0.25, 0.3) is 0 Å². The quantitative estimate of drug-likeness (QED) is 0.820. The van der Waals surface area contributed by atoms with E-state index in [0.717, 1.165) is 12.8 Å². The summed E-state index contributed by atoms with van der Waals surface area (Å²) in [5.41, 5.74) is 8.97. The van der Waals surface area contributed by atoms with Gasteiger partial charge in [-0.15, -0.1) is 0 Å². The SMILES string of the molecule is CNNC(=O)C1(c2cc(C(C)(C)C)ccc2C)CC1. The number of hydrogen-bond acceptors (Lipinski definition) is 2. The van der Waals surface area contributed by atoms with Crippen molar-refractivity contribution in [2.24, 2.45) is 0 Å². The zero-order chi connectivity index (χ0) is 14.3.